The molecule has 32 heavy (non-hydrogen) atoms. The molecule has 0 atom stereocenters. The number of nitrogens with two attached hydrogens (primary N) is 1. The summed E-state index contributed by atoms with van der Waals surface area (Å²) in [7, 11) is -3.58. The van der Waals surface area contributed by atoms with E-state index < -0.39 is 27.9 Å². The van der Waals surface area contributed by atoms with Crippen molar-refractivity contribution >= 4 is 44.2 Å². The normalized spacial score (nSPS) is 16.4. The van der Waals surface area contributed by atoms with E-state index in [0.717, 1.165) is 42.5 Å². The van der Waals surface area contributed by atoms with E-state index in [2.05, 4.69) is 10.6 Å². The van der Waals surface area contributed by atoms with Gasteiger partial charge in [-0.2, -0.15) is 4.31 Å². The van der Waals surface area contributed by atoms with Gasteiger partial charge >= 0.3 is 6.03 Å². The first kappa shape index (κ1) is 22.4. The Morgan fingerprint density at radius 3 is 2.28 bits per heavy atom. The molecule has 0 spiro atoms. The van der Waals surface area contributed by atoms with Gasteiger partial charge in [0.15, 0.2) is 0 Å². The summed E-state index contributed by atoms with van der Waals surface area (Å²) in [6.07, 6.45) is 5.10. The van der Waals surface area contributed by atoms with E-state index >= 15 is 0 Å². The fourth-order valence-corrected chi connectivity index (χ4v) is 6.91. The van der Waals surface area contributed by atoms with Gasteiger partial charge in [0.1, 0.15) is 5.00 Å². The maximum atomic E-state index is 12.8. The van der Waals surface area contributed by atoms with Crippen LogP contribution in [0.15, 0.2) is 29.2 Å². The van der Waals surface area contributed by atoms with E-state index in [4.69, 9.17) is 5.73 Å². The van der Waals surface area contributed by atoms with E-state index in [9.17, 15) is 22.8 Å². The van der Waals surface area contributed by atoms with Crippen LogP contribution in [-0.2, 0) is 22.9 Å². The van der Waals surface area contributed by atoms with Crippen molar-refractivity contribution in [3.05, 3.63) is 45.8 Å². The maximum Gasteiger partial charge on any atom is 0.319 e. The fraction of sp³-hybridized carbons (Fsp3) is 0.381. The van der Waals surface area contributed by atoms with Crippen molar-refractivity contribution < 1.29 is 22.8 Å². The van der Waals surface area contributed by atoms with Crippen molar-refractivity contribution in [2.24, 2.45) is 5.73 Å². The number of nitrogens with zero attached hydrogens (tertiary/aromatic N) is 1. The van der Waals surface area contributed by atoms with Crippen LogP contribution in [0.3, 0.4) is 0 Å². The van der Waals surface area contributed by atoms with Crippen LogP contribution in [0.25, 0.3) is 0 Å². The van der Waals surface area contributed by atoms with E-state index in [0.29, 0.717) is 24.5 Å². The van der Waals surface area contributed by atoms with Gasteiger partial charge in [0, 0.05) is 23.5 Å². The second kappa shape index (κ2) is 9.00. The molecule has 4 rings (SSSR count). The van der Waals surface area contributed by atoms with Gasteiger partial charge in [-0.3, -0.25) is 14.9 Å². The topological polar surface area (TPSA) is 139 Å². The SMILES string of the molecule is NC(=O)NC(=O)c1c(NC(=O)c2ccc(S(=O)(=O)N3CCCCC3)cc2)sc2c1CCC2. The first-order valence-electron chi connectivity index (χ1n) is 10.4. The Morgan fingerprint density at radius 1 is 0.938 bits per heavy atom. The van der Waals surface area contributed by atoms with Crippen LogP contribution in [0.2, 0.25) is 0 Å². The van der Waals surface area contributed by atoms with Gasteiger partial charge in [0.05, 0.1) is 10.5 Å². The fourth-order valence-electron chi connectivity index (χ4n) is 4.11. The highest BCUT2D eigenvalue weighted by Crippen LogP contribution is 2.39. The Labute approximate surface area is 190 Å². The van der Waals surface area contributed by atoms with Crippen LogP contribution in [0, 0.1) is 0 Å². The molecule has 4 amide bonds. The lowest BCUT2D eigenvalue weighted by atomic mass is 10.1. The number of piperidine rings is 1. The van der Waals surface area contributed by atoms with Gasteiger partial charge < -0.3 is 11.1 Å². The number of hydrogen-bond donors (Lipinski definition) is 3. The molecular formula is C21H24N4O5S2. The second-order valence-corrected chi connectivity index (χ2v) is 10.9. The van der Waals surface area contributed by atoms with Gasteiger partial charge in [-0.15, -0.1) is 11.3 Å². The third-order valence-corrected chi connectivity index (χ3v) is 8.80. The molecule has 1 saturated heterocycles. The quantitative estimate of drug-likeness (QED) is 0.608. The van der Waals surface area contributed by atoms with Crippen LogP contribution in [0.1, 0.15) is 56.8 Å². The Morgan fingerprint density at radius 2 is 1.62 bits per heavy atom. The van der Waals surface area contributed by atoms with Crippen molar-refractivity contribution in [3.63, 3.8) is 0 Å². The third-order valence-electron chi connectivity index (χ3n) is 5.68. The van der Waals surface area contributed by atoms with Crippen LogP contribution >= 0.6 is 11.3 Å². The second-order valence-electron chi connectivity index (χ2n) is 7.82. The number of sulfonamides is 1. The zero-order valence-corrected chi connectivity index (χ0v) is 19.0. The van der Waals surface area contributed by atoms with Crippen molar-refractivity contribution in [1.29, 1.82) is 0 Å². The minimum absolute atomic E-state index is 0.146. The Hall–Kier alpha value is -2.76. The van der Waals surface area contributed by atoms with Crippen molar-refractivity contribution in [3.8, 4) is 0 Å². The molecule has 0 unspecified atom stereocenters. The molecule has 9 nitrogen and oxygen atoms in total. The van der Waals surface area contributed by atoms with E-state index in [1.807, 2.05) is 0 Å². The van der Waals surface area contributed by atoms with Crippen LogP contribution in [0.5, 0.6) is 0 Å². The molecule has 1 fully saturated rings. The number of carbonyl (C=O) groups excluding carboxylic acids is 3. The monoisotopic (exact) mass is 476 g/mol. The average molecular weight is 477 g/mol. The lowest BCUT2D eigenvalue weighted by Crippen LogP contribution is -2.35. The zero-order valence-electron chi connectivity index (χ0n) is 17.3. The molecule has 2 heterocycles. The van der Waals surface area contributed by atoms with E-state index in [1.54, 1.807) is 0 Å². The van der Waals surface area contributed by atoms with Crippen LogP contribution < -0.4 is 16.4 Å². The number of hydrogen-bond acceptors (Lipinski definition) is 6. The molecule has 0 radical (unpaired) electrons. The van der Waals surface area contributed by atoms with Gasteiger partial charge in [0.2, 0.25) is 10.0 Å². The average Bonchev–Trinajstić information content (AvgIpc) is 3.34. The number of imide groups is 1. The number of carbonyl (C=O) groups is 3. The van der Waals surface area contributed by atoms with Gasteiger partial charge in [-0.25, -0.2) is 13.2 Å². The number of urea groups is 1. The summed E-state index contributed by atoms with van der Waals surface area (Å²) in [5.74, 6) is -1.12. The highest BCUT2D eigenvalue weighted by molar-refractivity contribution is 7.89. The summed E-state index contributed by atoms with van der Waals surface area (Å²) in [5.41, 5.74) is 6.43. The Balaban J connectivity index is 1.54. The van der Waals surface area contributed by atoms with Gasteiger partial charge in [-0.05, 0) is 61.9 Å². The highest BCUT2D eigenvalue weighted by Gasteiger charge is 2.29. The number of fused-ring (bicyclic) bond motifs is 1. The molecule has 170 valence electrons. The molecule has 2 aromatic rings. The molecule has 0 bridgehead atoms. The lowest BCUT2D eigenvalue weighted by Gasteiger charge is -2.25. The summed E-state index contributed by atoms with van der Waals surface area (Å²) < 4.78 is 27.1. The predicted octanol–water partition coefficient (Wildman–Crippen LogP) is 2.47. The van der Waals surface area contributed by atoms with Crippen molar-refractivity contribution in [1.82, 2.24) is 9.62 Å². The summed E-state index contributed by atoms with van der Waals surface area (Å²) in [6.45, 7) is 1.01. The number of anilines is 1. The number of rotatable bonds is 5. The number of nitrogens with one attached hydrogen (secondary N) is 2. The van der Waals surface area contributed by atoms with Crippen molar-refractivity contribution in [2.45, 2.75) is 43.4 Å². The Kier molecular flexibility index (Phi) is 6.31. The van der Waals surface area contributed by atoms with E-state index in [-0.39, 0.29) is 16.0 Å². The summed E-state index contributed by atoms with van der Waals surface area (Å²) >= 11 is 1.31. The molecule has 1 aliphatic carbocycles. The minimum Gasteiger partial charge on any atom is -0.351 e. The summed E-state index contributed by atoms with van der Waals surface area (Å²) in [4.78, 5) is 37.6. The molecule has 1 aromatic carbocycles. The van der Waals surface area contributed by atoms with Crippen molar-refractivity contribution in [2.75, 3.05) is 18.4 Å². The molecule has 4 N–H and O–H groups in total. The van der Waals surface area contributed by atoms with E-state index in [1.165, 1.54) is 39.9 Å². The highest BCUT2D eigenvalue weighted by atomic mass is 32.2. The predicted molar refractivity (Wildman–Crippen MR) is 120 cm³/mol. The van der Waals surface area contributed by atoms with Crippen LogP contribution in [-0.4, -0.2) is 43.7 Å². The third kappa shape index (κ3) is 4.41. The zero-order chi connectivity index (χ0) is 22.9. The molecule has 1 aliphatic heterocycles. The molecule has 11 heteroatoms. The number of aryl methyl sites for hydroxylation is 1. The number of amides is 4. The molecule has 2 aliphatic rings. The molecule has 1 aromatic heterocycles. The first-order valence-corrected chi connectivity index (χ1v) is 12.7. The lowest BCUT2D eigenvalue weighted by molar-refractivity contribution is 0.0966. The number of thiophene rings is 1. The largest absolute Gasteiger partial charge is 0.351 e. The molecule has 0 saturated carbocycles. The summed E-state index contributed by atoms with van der Waals surface area (Å²) in [5, 5.41) is 5.16. The smallest absolute Gasteiger partial charge is 0.319 e. The molecular weight excluding hydrogens is 452 g/mol. The number of benzene rings is 1. The standard InChI is InChI=1S/C21H24N4O5S2/c22-21(28)24-19(27)17-15-5-4-6-16(15)31-20(17)23-18(26)13-7-9-14(10-8-13)32(29,30)25-11-2-1-3-12-25/h7-10H,1-6,11-12H2,(H,23,26)(H3,22,24,27,28). The maximum absolute atomic E-state index is 12.8. The minimum atomic E-state index is -3.58. The number of primary amides is 1. The van der Waals surface area contributed by atoms with Gasteiger partial charge in [-0.1, -0.05) is 6.42 Å². The van der Waals surface area contributed by atoms with Gasteiger partial charge in [0.25, 0.3) is 11.8 Å². The Bertz CT molecular complexity index is 1170. The summed E-state index contributed by atoms with van der Waals surface area (Å²) in [6, 6.07) is 4.80. The first-order chi connectivity index (χ1) is 15.3. The van der Waals surface area contributed by atoms with Crippen LogP contribution in [0.4, 0.5) is 9.80 Å².